The zero-order valence-electron chi connectivity index (χ0n) is 18.7. The smallest absolute Gasteiger partial charge is 0.236 e. The van der Waals surface area contributed by atoms with Gasteiger partial charge in [0.05, 0.1) is 5.92 Å². The van der Waals surface area contributed by atoms with Crippen molar-refractivity contribution in [3.63, 3.8) is 0 Å². The molecule has 4 aromatic rings. The first-order chi connectivity index (χ1) is 16.1. The SMILES string of the molecule is CCNc1nc(C)cc(Nc2ccc(NC(=O)C(c3ccccc3)c3ccccc3)cc2)n1. The van der Waals surface area contributed by atoms with Crippen LogP contribution in [0.25, 0.3) is 0 Å². The van der Waals surface area contributed by atoms with Gasteiger partial charge in [0.15, 0.2) is 0 Å². The molecule has 1 aromatic heterocycles. The van der Waals surface area contributed by atoms with Crippen molar-refractivity contribution in [2.24, 2.45) is 0 Å². The van der Waals surface area contributed by atoms with Crippen LogP contribution >= 0.6 is 0 Å². The largest absolute Gasteiger partial charge is 0.354 e. The van der Waals surface area contributed by atoms with Gasteiger partial charge in [0, 0.05) is 29.7 Å². The molecule has 3 N–H and O–H groups in total. The number of nitrogens with one attached hydrogen (secondary N) is 3. The van der Waals surface area contributed by atoms with Crippen LogP contribution in [0.1, 0.15) is 29.7 Å². The zero-order valence-corrected chi connectivity index (χ0v) is 18.7. The maximum Gasteiger partial charge on any atom is 0.236 e. The molecular weight excluding hydrogens is 410 g/mol. The number of aromatic nitrogens is 2. The molecule has 1 amide bonds. The third-order valence-electron chi connectivity index (χ3n) is 5.14. The molecule has 6 heteroatoms. The van der Waals surface area contributed by atoms with Gasteiger partial charge in [-0.25, -0.2) is 4.98 Å². The molecule has 4 rings (SSSR count). The highest BCUT2D eigenvalue weighted by Crippen LogP contribution is 2.27. The second-order valence-corrected chi connectivity index (χ2v) is 7.69. The van der Waals surface area contributed by atoms with Crippen molar-refractivity contribution in [1.29, 1.82) is 0 Å². The Balaban J connectivity index is 1.49. The highest BCUT2D eigenvalue weighted by Gasteiger charge is 2.22. The predicted molar refractivity (Wildman–Crippen MR) is 134 cm³/mol. The highest BCUT2D eigenvalue weighted by molar-refractivity contribution is 5.98. The lowest BCUT2D eigenvalue weighted by Crippen LogP contribution is -2.22. The summed E-state index contributed by atoms with van der Waals surface area (Å²) < 4.78 is 0. The molecule has 0 aliphatic carbocycles. The van der Waals surface area contributed by atoms with Crippen molar-refractivity contribution in [2.45, 2.75) is 19.8 Å². The number of hydrogen-bond donors (Lipinski definition) is 3. The van der Waals surface area contributed by atoms with Gasteiger partial charge in [-0.3, -0.25) is 4.79 Å². The fourth-order valence-corrected chi connectivity index (χ4v) is 3.66. The molecule has 166 valence electrons. The molecule has 0 saturated carbocycles. The Labute approximate surface area is 194 Å². The molecule has 0 fully saturated rings. The summed E-state index contributed by atoms with van der Waals surface area (Å²) in [6.07, 6.45) is 0. The van der Waals surface area contributed by atoms with Crippen LogP contribution in [0.4, 0.5) is 23.1 Å². The number of carbonyl (C=O) groups is 1. The Hall–Kier alpha value is -4.19. The highest BCUT2D eigenvalue weighted by atomic mass is 16.1. The van der Waals surface area contributed by atoms with Gasteiger partial charge in [-0.05, 0) is 49.2 Å². The van der Waals surface area contributed by atoms with Gasteiger partial charge in [0.1, 0.15) is 5.82 Å². The van der Waals surface area contributed by atoms with Crippen molar-refractivity contribution < 1.29 is 4.79 Å². The van der Waals surface area contributed by atoms with E-state index in [0.717, 1.165) is 34.7 Å². The number of amides is 1. The molecule has 0 saturated heterocycles. The third-order valence-corrected chi connectivity index (χ3v) is 5.14. The first-order valence-corrected chi connectivity index (χ1v) is 11.0. The number of hydrogen-bond acceptors (Lipinski definition) is 5. The number of rotatable bonds is 8. The van der Waals surface area contributed by atoms with E-state index in [9.17, 15) is 4.79 Å². The molecule has 0 aliphatic heterocycles. The number of nitrogens with zero attached hydrogens (tertiary/aromatic N) is 2. The Bertz CT molecular complexity index is 1150. The summed E-state index contributed by atoms with van der Waals surface area (Å²) in [5.41, 5.74) is 4.39. The van der Waals surface area contributed by atoms with Gasteiger partial charge >= 0.3 is 0 Å². The predicted octanol–water partition coefficient (Wildman–Crippen LogP) is 5.73. The van der Waals surface area contributed by atoms with E-state index >= 15 is 0 Å². The van der Waals surface area contributed by atoms with Crippen molar-refractivity contribution in [3.8, 4) is 0 Å². The summed E-state index contributed by atoms with van der Waals surface area (Å²) >= 11 is 0. The molecule has 3 aromatic carbocycles. The van der Waals surface area contributed by atoms with Gasteiger partial charge < -0.3 is 16.0 Å². The van der Waals surface area contributed by atoms with E-state index in [2.05, 4.69) is 25.9 Å². The number of anilines is 4. The number of benzene rings is 3. The normalized spacial score (nSPS) is 10.6. The van der Waals surface area contributed by atoms with Crippen LogP contribution in [-0.4, -0.2) is 22.4 Å². The average molecular weight is 438 g/mol. The summed E-state index contributed by atoms with van der Waals surface area (Å²) in [6.45, 7) is 4.69. The monoisotopic (exact) mass is 437 g/mol. The molecule has 1 heterocycles. The van der Waals surface area contributed by atoms with Crippen molar-refractivity contribution in [3.05, 3.63) is 108 Å². The van der Waals surface area contributed by atoms with Gasteiger partial charge in [-0.1, -0.05) is 60.7 Å². The molecule has 0 spiro atoms. The molecule has 0 radical (unpaired) electrons. The van der Waals surface area contributed by atoms with Crippen LogP contribution in [0.5, 0.6) is 0 Å². The topological polar surface area (TPSA) is 78.9 Å². The van der Waals surface area contributed by atoms with E-state index in [0.29, 0.717) is 11.8 Å². The van der Waals surface area contributed by atoms with Gasteiger partial charge in [0.25, 0.3) is 0 Å². The van der Waals surface area contributed by atoms with E-state index in [1.807, 2.05) is 105 Å². The maximum absolute atomic E-state index is 13.3. The summed E-state index contributed by atoms with van der Waals surface area (Å²) in [5.74, 6) is 0.841. The lowest BCUT2D eigenvalue weighted by atomic mass is 9.90. The van der Waals surface area contributed by atoms with Crippen molar-refractivity contribution in [1.82, 2.24) is 9.97 Å². The standard InChI is InChI=1S/C27H27N5O/c1-3-28-27-29-19(2)18-24(32-27)30-22-14-16-23(17-15-22)31-26(33)25(20-10-6-4-7-11-20)21-12-8-5-9-13-21/h4-18,25H,3H2,1-2H3,(H,31,33)(H2,28,29,30,32). The summed E-state index contributed by atoms with van der Waals surface area (Å²) in [4.78, 5) is 22.1. The van der Waals surface area contributed by atoms with E-state index in [1.165, 1.54) is 0 Å². The van der Waals surface area contributed by atoms with Crippen LogP contribution in [-0.2, 0) is 4.79 Å². The van der Waals surface area contributed by atoms with E-state index in [-0.39, 0.29) is 5.91 Å². The Morgan fingerprint density at radius 1 is 0.818 bits per heavy atom. The summed E-state index contributed by atoms with van der Waals surface area (Å²) in [5, 5.41) is 9.49. The summed E-state index contributed by atoms with van der Waals surface area (Å²) in [6, 6.07) is 29.1. The van der Waals surface area contributed by atoms with Crippen LogP contribution in [0.2, 0.25) is 0 Å². The number of carbonyl (C=O) groups excluding carboxylic acids is 1. The minimum absolute atomic E-state index is 0.0742. The molecule has 33 heavy (non-hydrogen) atoms. The van der Waals surface area contributed by atoms with E-state index in [1.54, 1.807) is 0 Å². The Morgan fingerprint density at radius 2 is 1.39 bits per heavy atom. The van der Waals surface area contributed by atoms with Crippen LogP contribution in [0.3, 0.4) is 0 Å². The van der Waals surface area contributed by atoms with Crippen LogP contribution < -0.4 is 16.0 Å². The first kappa shape index (κ1) is 22.0. The minimum atomic E-state index is -0.390. The molecule has 0 unspecified atom stereocenters. The first-order valence-electron chi connectivity index (χ1n) is 11.0. The van der Waals surface area contributed by atoms with Crippen LogP contribution in [0.15, 0.2) is 91.0 Å². The Morgan fingerprint density at radius 3 is 1.97 bits per heavy atom. The average Bonchev–Trinajstić information content (AvgIpc) is 2.82. The van der Waals surface area contributed by atoms with E-state index < -0.39 is 5.92 Å². The van der Waals surface area contributed by atoms with Gasteiger partial charge in [-0.2, -0.15) is 4.98 Å². The molecule has 6 nitrogen and oxygen atoms in total. The van der Waals surface area contributed by atoms with Gasteiger partial charge in [0.2, 0.25) is 11.9 Å². The molecular formula is C27H27N5O. The lowest BCUT2D eigenvalue weighted by molar-refractivity contribution is -0.116. The van der Waals surface area contributed by atoms with Gasteiger partial charge in [-0.15, -0.1) is 0 Å². The number of aryl methyl sites for hydroxylation is 1. The lowest BCUT2D eigenvalue weighted by Gasteiger charge is -2.18. The Kier molecular flexibility index (Phi) is 6.95. The zero-order chi connectivity index (χ0) is 23.0. The fraction of sp³-hybridized carbons (Fsp3) is 0.148. The molecule has 0 aliphatic rings. The third kappa shape index (κ3) is 5.74. The summed E-state index contributed by atoms with van der Waals surface area (Å²) in [7, 11) is 0. The molecule has 0 atom stereocenters. The second kappa shape index (κ2) is 10.4. The quantitative estimate of drug-likeness (QED) is 0.328. The fourth-order valence-electron chi connectivity index (χ4n) is 3.66. The second-order valence-electron chi connectivity index (χ2n) is 7.69. The van der Waals surface area contributed by atoms with Crippen molar-refractivity contribution >= 4 is 29.0 Å². The van der Waals surface area contributed by atoms with Crippen LogP contribution in [0, 0.1) is 6.92 Å². The van der Waals surface area contributed by atoms with Crippen molar-refractivity contribution in [2.75, 3.05) is 22.5 Å². The van der Waals surface area contributed by atoms with E-state index in [4.69, 9.17) is 0 Å². The maximum atomic E-state index is 13.3. The molecule has 0 bridgehead atoms. The minimum Gasteiger partial charge on any atom is -0.354 e.